The molecule has 7 heteroatoms. The van der Waals surface area contributed by atoms with Gasteiger partial charge in [-0.05, 0) is 32.9 Å². The minimum Gasteiger partial charge on any atom is -0.480 e. The highest BCUT2D eigenvalue weighted by Crippen LogP contribution is 2.27. The summed E-state index contributed by atoms with van der Waals surface area (Å²) in [6, 6.07) is 6.85. The van der Waals surface area contributed by atoms with Gasteiger partial charge in [-0.25, -0.2) is 0 Å². The standard InChI is InChI=1S/C16H22N2O4S/c1-4-17-14(19)10-18(5-2)15(20)12-8-6-7-9-13(12)23-11(3)16(21)22/h6-9,11H,4-5,10H2,1-3H3,(H,17,19)(H,21,22). The van der Waals surface area contributed by atoms with Gasteiger partial charge in [-0.1, -0.05) is 12.1 Å². The number of benzene rings is 1. The van der Waals surface area contributed by atoms with Crippen LogP contribution in [0.5, 0.6) is 0 Å². The first-order valence-electron chi connectivity index (χ1n) is 7.45. The molecule has 0 aliphatic carbocycles. The topological polar surface area (TPSA) is 86.7 Å². The van der Waals surface area contributed by atoms with Crippen molar-refractivity contribution >= 4 is 29.5 Å². The predicted octanol–water partition coefficient (Wildman–Crippen LogP) is 1.85. The molecule has 1 aromatic carbocycles. The highest BCUT2D eigenvalue weighted by atomic mass is 32.2. The molecule has 0 radical (unpaired) electrons. The van der Waals surface area contributed by atoms with Crippen LogP contribution in [-0.2, 0) is 9.59 Å². The number of thioether (sulfide) groups is 1. The maximum absolute atomic E-state index is 12.7. The van der Waals surface area contributed by atoms with E-state index in [2.05, 4.69) is 5.32 Å². The largest absolute Gasteiger partial charge is 0.480 e. The van der Waals surface area contributed by atoms with Gasteiger partial charge in [0, 0.05) is 18.0 Å². The van der Waals surface area contributed by atoms with E-state index in [4.69, 9.17) is 5.11 Å². The van der Waals surface area contributed by atoms with Crippen LogP contribution in [-0.4, -0.2) is 52.7 Å². The van der Waals surface area contributed by atoms with Gasteiger partial charge in [0.25, 0.3) is 5.91 Å². The van der Waals surface area contributed by atoms with Gasteiger partial charge in [0.1, 0.15) is 5.25 Å². The molecule has 0 aliphatic rings. The molecule has 1 atom stereocenters. The van der Waals surface area contributed by atoms with Crippen LogP contribution in [0.1, 0.15) is 31.1 Å². The lowest BCUT2D eigenvalue weighted by atomic mass is 10.2. The molecule has 0 spiro atoms. The van der Waals surface area contributed by atoms with Gasteiger partial charge in [-0.3, -0.25) is 14.4 Å². The zero-order valence-corrected chi connectivity index (χ0v) is 14.4. The number of rotatable bonds is 8. The maximum atomic E-state index is 12.7. The molecule has 126 valence electrons. The molecule has 2 N–H and O–H groups in total. The molecule has 0 saturated carbocycles. The molecule has 0 fully saturated rings. The van der Waals surface area contributed by atoms with Crippen LogP contribution in [0.15, 0.2) is 29.2 Å². The summed E-state index contributed by atoms with van der Waals surface area (Å²) in [6.45, 7) is 6.07. The van der Waals surface area contributed by atoms with Crippen LogP contribution in [0, 0.1) is 0 Å². The Balaban J connectivity index is 2.97. The second-order valence-corrected chi connectivity index (χ2v) is 6.25. The molecule has 0 heterocycles. The van der Waals surface area contributed by atoms with Crippen molar-refractivity contribution in [1.29, 1.82) is 0 Å². The SMILES string of the molecule is CCNC(=O)CN(CC)C(=O)c1ccccc1SC(C)C(=O)O. The maximum Gasteiger partial charge on any atom is 0.316 e. The number of nitrogens with zero attached hydrogens (tertiary/aromatic N) is 1. The molecule has 0 saturated heterocycles. The van der Waals surface area contributed by atoms with Gasteiger partial charge in [-0.2, -0.15) is 0 Å². The summed E-state index contributed by atoms with van der Waals surface area (Å²) in [7, 11) is 0. The summed E-state index contributed by atoms with van der Waals surface area (Å²) < 4.78 is 0. The van der Waals surface area contributed by atoms with Crippen molar-refractivity contribution < 1.29 is 19.5 Å². The number of hydrogen-bond donors (Lipinski definition) is 2. The molecular weight excluding hydrogens is 316 g/mol. The van der Waals surface area contributed by atoms with E-state index in [-0.39, 0.29) is 18.4 Å². The van der Waals surface area contributed by atoms with E-state index >= 15 is 0 Å². The molecule has 1 rings (SSSR count). The highest BCUT2D eigenvalue weighted by Gasteiger charge is 2.22. The van der Waals surface area contributed by atoms with Crippen LogP contribution in [0.25, 0.3) is 0 Å². The fourth-order valence-electron chi connectivity index (χ4n) is 1.91. The third-order valence-corrected chi connectivity index (χ3v) is 4.31. The first kappa shape index (κ1) is 19.0. The fourth-order valence-corrected chi connectivity index (χ4v) is 2.83. The third kappa shape index (κ3) is 5.59. The zero-order valence-electron chi connectivity index (χ0n) is 13.5. The minimum absolute atomic E-state index is 0.0172. The first-order valence-corrected chi connectivity index (χ1v) is 8.33. The third-order valence-electron chi connectivity index (χ3n) is 3.15. The Morgan fingerprint density at radius 2 is 1.91 bits per heavy atom. The Morgan fingerprint density at radius 1 is 1.26 bits per heavy atom. The van der Waals surface area contributed by atoms with Crippen molar-refractivity contribution in [3.05, 3.63) is 29.8 Å². The van der Waals surface area contributed by atoms with E-state index in [0.29, 0.717) is 23.5 Å². The Hall–Kier alpha value is -2.02. The second-order valence-electron chi connectivity index (χ2n) is 4.87. The summed E-state index contributed by atoms with van der Waals surface area (Å²) in [6.07, 6.45) is 0. The lowest BCUT2D eigenvalue weighted by Crippen LogP contribution is -2.40. The van der Waals surface area contributed by atoms with Crippen molar-refractivity contribution in [3.63, 3.8) is 0 Å². The van der Waals surface area contributed by atoms with Crippen LogP contribution >= 0.6 is 11.8 Å². The number of aliphatic carboxylic acids is 1. The first-order chi connectivity index (χ1) is 10.9. The van der Waals surface area contributed by atoms with Gasteiger partial charge < -0.3 is 15.3 Å². The molecular formula is C16H22N2O4S. The zero-order chi connectivity index (χ0) is 17.4. The van der Waals surface area contributed by atoms with Gasteiger partial charge >= 0.3 is 5.97 Å². The van der Waals surface area contributed by atoms with E-state index in [1.54, 1.807) is 38.1 Å². The predicted molar refractivity (Wildman–Crippen MR) is 89.7 cm³/mol. The molecule has 2 amide bonds. The Kier molecular flexibility index (Phi) is 7.61. The summed E-state index contributed by atoms with van der Waals surface area (Å²) in [4.78, 5) is 37.4. The highest BCUT2D eigenvalue weighted by molar-refractivity contribution is 8.00. The number of carbonyl (C=O) groups is 3. The van der Waals surface area contributed by atoms with Crippen LogP contribution < -0.4 is 5.32 Å². The van der Waals surface area contributed by atoms with Gasteiger partial charge in [0.05, 0.1) is 12.1 Å². The molecule has 1 unspecified atom stereocenters. The van der Waals surface area contributed by atoms with E-state index < -0.39 is 11.2 Å². The smallest absolute Gasteiger partial charge is 0.316 e. The lowest BCUT2D eigenvalue weighted by Gasteiger charge is -2.22. The fraction of sp³-hybridized carbons (Fsp3) is 0.438. The van der Waals surface area contributed by atoms with Crippen LogP contribution in [0.2, 0.25) is 0 Å². The van der Waals surface area contributed by atoms with Gasteiger partial charge in [-0.15, -0.1) is 11.8 Å². The normalized spacial score (nSPS) is 11.6. The van der Waals surface area contributed by atoms with Crippen molar-refractivity contribution in [2.24, 2.45) is 0 Å². The lowest BCUT2D eigenvalue weighted by molar-refractivity contribution is -0.136. The Labute approximate surface area is 140 Å². The number of carboxylic acid groups (broad SMARTS) is 1. The number of carbonyl (C=O) groups excluding carboxylic acids is 2. The van der Waals surface area contributed by atoms with Crippen molar-refractivity contribution in [1.82, 2.24) is 10.2 Å². The Morgan fingerprint density at radius 3 is 2.48 bits per heavy atom. The second kappa shape index (κ2) is 9.19. The van der Waals surface area contributed by atoms with E-state index in [1.807, 2.05) is 6.92 Å². The van der Waals surface area contributed by atoms with Crippen molar-refractivity contribution in [2.45, 2.75) is 30.9 Å². The van der Waals surface area contributed by atoms with Gasteiger partial charge in [0.15, 0.2) is 0 Å². The number of nitrogens with one attached hydrogen (secondary N) is 1. The summed E-state index contributed by atoms with van der Waals surface area (Å²) in [5.41, 5.74) is 0.414. The molecule has 1 aromatic rings. The number of hydrogen-bond acceptors (Lipinski definition) is 4. The number of likely N-dealkylation sites (N-methyl/N-ethyl adjacent to an activating group) is 2. The van der Waals surface area contributed by atoms with Crippen LogP contribution in [0.3, 0.4) is 0 Å². The molecule has 0 bridgehead atoms. The van der Waals surface area contributed by atoms with E-state index in [1.165, 1.54) is 4.90 Å². The van der Waals surface area contributed by atoms with Crippen LogP contribution in [0.4, 0.5) is 0 Å². The quantitative estimate of drug-likeness (QED) is 0.707. The average molecular weight is 338 g/mol. The van der Waals surface area contributed by atoms with Gasteiger partial charge in [0.2, 0.25) is 5.91 Å². The molecule has 0 aliphatic heterocycles. The molecule has 0 aromatic heterocycles. The number of carboxylic acids is 1. The minimum atomic E-state index is -0.938. The number of amides is 2. The van der Waals surface area contributed by atoms with Crippen molar-refractivity contribution in [3.8, 4) is 0 Å². The Bertz CT molecular complexity index is 577. The molecule has 23 heavy (non-hydrogen) atoms. The van der Waals surface area contributed by atoms with Crippen molar-refractivity contribution in [2.75, 3.05) is 19.6 Å². The van der Waals surface area contributed by atoms with E-state index in [9.17, 15) is 14.4 Å². The summed E-state index contributed by atoms with van der Waals surface area (Å²) in [5, 5.41) is 11.0. The summed E-state index contributed by atoms with van der Waals surface area (Å²) >= 11 is 1.12. The van der Waals surface area contributed by atoms with E-state index in [0.717, 1.165) is 11.8 Å². The monoisotopic (exact) mass is 338 g/mol. The average Bonchev–Trinajstić information content (AvgIpc) is 2.52. The molecule has 6 nitrogen and oxygen atoms in total. The summed E-state index contributed by atoms with van der Waals surface area (Å²) in [5.74, 6) is -1.43.